The molecule has 0 atom stereocenters. The zero-order chi connectivity index (χ0) is 8.81. The summed E-state index contributed by atoms with van der Waals surface area (Å²) in [5.41, 5.74) is 1.96. The number of aromatic nitrogens is 1. The molecule has 2 nitrogen and oxygen atoms in total. The van der Waals surface area contributed by atoms with Crippen molar-refractivity contribution >= 4 is 15.9 Å². The lowest BCUT2D eigenvalue weighted by Gasteiger charge is -1.99. The van der Waals surface area contributed by atoms with Gasteiger partial charge in [-0.05, 0) is 24.5 Å². The van der Waals surface area contributed by atoms with Gasteiger partial charge in [0.25, 0.3) is 0 Å². The molecule has 0 saturated carbocycles. The van der Waals surface area contributed by atoms with Crippen LogP contribution in [0, 0.1) is 0 Å². The van der Waals surface area contributed by atoms with Crippen LogP contribution in [0.5, 0.6) is 0 Å². The molecular formula is C9H12BrNO. The van der Waals surface area contributed by atoms with Gasteiger partial charge in [-0.1, -0.05) is 22.0 Å². The Balaban J connectivity index is 2.53. The van der Waals surface area contributed by atoms with E-state index in [2.05, 4.69) is 20.9 Å². The van der Waals surface area contributed by atoms with Crippen LogP contribution in [0.3, 0.4) is 0 Å². The van der Waals surface area contributed by atoms with Gasteiger partial charge in [0.15, 0.2) is 0 Å². The Morgan fingerprint density at radius 3 is 2.75 bits per heavy atom. The minimum absolute atomic E-state index is 0.0265. The highest BCUT2D eigenvalue weighted by molar-refractivity contribution is 9.09. The Morgan fingerprint density at radius 2 is 2.25 bits per heavy atom. The van der Waals surface area contributed by atoms with Crippen LogP contribution < -0.4 is 0 Å². The molecule has 1 N–H and O–H groups in total. The van der Waals surface area contributed by atoms with Gasteiger partial charge >= 0.3 is 0 Å². The average molecular weight is 230 g/mol. The molecule has 0 saturated heterocycles. The van der Waals surface area contributed by atoms with Gasteiger partial charge in [0, 0.05) is 11.5 Å². The predicted molar refractivity (Wildman–Crippen MR) is 52.3 cm³/mol. The number of nitrogens with zero attached hydrogens (tertiary/aromatic N) is 1. The first-order valence-electron chi connectivity index (χ1n) is 3.97. The second-order valence-electron chi connectivity index (χ2n) is 2.61. The van der Waals surface area contributed by atoms with Crippen molar-refractivity contribution < 1.29 is 5.11 Å². The molecule has 0 unspecified atom stereocenters. The van der Waals surface area contributed by atoms with Crippen LogP contribution >= 0.6 is 15.9 Å². The van der Waals surface area contributed by atoms with Crippen molar-refractivity contribution in [3.05, 3.63) is 29.6 Å². The van der Waals surface area contributed by atoms with E-state index in [1.54, 1.807) is 0 Å². The van der Waals surface area contributed by atoms with E-state index in [-0.39, 0.29) is 6.61 Å². The van der Waals surface area contributed by atoms with Crippen LogP contribution in [0.2, 0.25) is 0 Å². The van der Waals surface area contributed by atoms with E-state index >= 15 is 0 Å². The molecule has 66 valence electrons. The molecule has 0 aliphatic heterocycles. The number of aliphatic hydroxyl groups is 1. The van der Waals surface area contributed by atoms with Crippen LogP contribution in [-0.4, -0.2) is 15.4 Å². The SMILES string of the molecule is OCc1ccc(CCCBr)cn1. The Morgan fingerprint density at radius 1 is 1.42 bits per heavy atom. The summed E-state index contributed by atoms with van der Waals surface area (Å²) in [6.07, 6.45) is 4.00. The average Bonchev–Trinajstić information content (AvgIpc) is 2.15. The highest BCUT2D eigenvalue weighted by Gasteiger charge is 1.94. The number of halogens is 1. The van der Waals surface area contributed by atoms with Gasteiger partial charge in [0.2, 0.25) is 0 Å². The molecule has 0 aliphatic rings. The third kappa shape index (κ3) is 2.91. The van der Waals surface area contributed by atoms with Crippen molar-refractivity contribution in [1.82, 2.24) is 4.98 Å². The minimum Gasteiger partial charge on any atom is -0.390 e. The molecule has 1 rings (SSSR count). The first-order valence-corrected chi connectivity index (χ1v) is 5.09. The minimum atomic E-state index is 0.0265. The number of hydrogen-bond donors (Lipinski definition) is 1. The molecule has 0 radical (unpaired) electrons. The van der Waals surface area contributed by atoms with Crippen LogP contribution in [0.25, 0.3) is 0 Å². The lowest BCUT2D eigenvalue weighted by atomic mass is 10.1. The van der Waals surface area contributed by atoms with Gasteiger partial charge in [-0.2, -0.15) is 0 Å². The largest absolute Gasteiger partial charge is 0.390 e. The van der Waals surface area contributed by atoms with Crippen molar-refractivity contribution in [2.45, 2.75) is 19.4 Å². The van der Waals surface area contributed by atoms with E-state index in [9.17, 15) is 0 Å². The Labute approximate surface area is 80.8 Å². The second kappa shape index (κ2) is 5.27. The maximum atomic E-state index is 8.73. The Kier molecular flexibility index (Phi) is 4.25. The fourth-order valence-electron chi connectivity index (χ4n) is 0.967. The van der Waals surface area contributed by atoms with Gasteiger partial charge in [-0.3, -0.25) is 4.98 Å². The fourth-order valence-corrected chi connectivity index (χ4v) is 1.25. The Bertz CT molecular complexity index is 222. The van der Waals surface area contributed by atoms with Gasteiger partial charge in [-0.25, -0.2) is 0 Å². The van der Waals surface area contributed by atoms with Gasteiger partial charge in [0.05, 0.1) is 12.3 Å². The first-order chi connectivity index (χ1) is 5.86. The molecule has 1 aromatic rings. The van der Waals surface area contributed by atoms with Crippen molar-refractivity contribution in [3.8, 4) is 0 Å². The molecule has 12 heavy (non-hydrogen) atoms. The number of alkyl halides is 1. The lowest BCUT2D eigenvalue weighted by Crippen LogP contribution is -1.91. The monoisotopic (exact) mass is 229 g/mol. The summed E-state index contributed by atoms with van der Waals surface area (Å²) in [5, 5.41) is 9.76. The van der Waals surface area contributed by atoms with Crippen LogP contribution in [0.15, 0.2) is 18.3 Å². The quantitative estimate of drug-likeness (QED) is 0.801. The molecule has 0 aromatic carbocycles. The van der Waals surface area contributed by atoms with E-state index in [1.165, 1.54) is 5.56 Å². The summed E-state index contributed by atoms with van der Waals surface area (Å²) >= 11 is 3.37. The zero-order valence-electron chi connectivity index (χ0n) is 6.83. The third-order valence-electron chi connectivity index (χ3n) is 1.65. The maximum Gasteiger partial charge on any atom is 0.0852 e. The third-order valence-corrected chi connectivity index (χ3v) is 2.21. The molecule has 0 fully saturated rings. The first kappa shape index (κ1) is 9.68. The standard InChI is InChI=1S/C9H12BrNO/c10-5-1-2-8-3-4-9(7-12)11-6-8/h3-4,6,12H,1-2,5,7H2. The van der Waals surface area contributed by atoms with Crippen molar-refractivity contribution in [1.29, 1.82) is 0 Å². The molecule has 0 aliphatic carbocycles. The van der Waals surface area contributed by atoms with Crippen LogP contribution in [-0.2, 0) is 13.0 Å². The van der Waals surface area contributed by atoms with Crippen molar-refractivity contribution in [2.75, 3.05) is 5.33 Å². The maximum absolute atomic E-state index is 8.73. The molecule has 1 aromatic heterocycles. The molecule has 0 spiro atoms. The second-order valence-corrected chi connectivity index (χ2v) is 3.40. The highest BCUT2D eigenvalue weighted by Crippen LogP contribution is 2.04. The topological polar surface area (TPSA) is 33.1 Å². The summed E-state index contributed by atoms with van der Waals surface area (Å²) in [6.45, 7) is 0.0265. The van der Waals surface area contributed by atoms with Crippen LogP contribution in [0.4, 0.5) is 0 Å². The summed E-state index contributed by atoms with van der Waals surface area (Å²) in [7, 11) is 0. The van der Waals surface area contributed by atoms with Gasteiger partial charge in [-0.15, -0.1) is 0 Å². The highest BCUT2D eigenvalue weighted by atomic mass is 79.9. The lowest BCUT2D eigenvalue weighted by molar-refractivity contribution is 0.277. The van der Waals surface area contributed by atoms with E-state index in [4.69, 9.17) is 5.11 Å². The number of hydrogen-bond acceptors (Lipinski definition) is 2. The van der Waals surface area contributed by atoms with Gasteiger partial charge < -0.3 is 5.11 Å². The van der Waals surface area contributed by atoms with E-state index in [1.807, 2.05) is 18.3 Å². The molecule has 0 bridgehead atoms. The summed E-state index contributed by atoms with van der Waals surface area (Å²) < 4.78 is 0. The molecule has 1 heterocycles. The van der Waals surface area contributed by atoms with Crippen molar-refractivity contribution in [2.24, 2.45) is 0 Å². The summed E-state index contributed by atoms with van der Waals surface area (Å²) in [5.74, 6) is 0. The van der Waals surface area contributed by atoms with E-state index < -0.39 is 0 Å². The summed E-state index contributed by atoms with van der Waals surface area (Å²) in [4.78, 5) is 4.08. The van der Waals surface area contributed by atoms with E-state index in [0.29, 0.717) is 0 Å². The normalized spacial score (nSPS) is 10.2. The van der Waals surface area contributed by atoms with E-state index in [0.717, 1.165) is 23.9 Å². The van der Waals surface area contributed by atoms with Crippen LogP contribution in [0.1, 0.15) is 17.7 Å². The smallest absolute Gasteiger partial charge is 0.0852 e. The number of pyridine rings is 1. The van der Waals surface area contributed by atoms with Gasteiger partial charge in [0.1, 0.15) is 0 Å². The number of aryl methyl sites for hydroxylation is 1. The Hall–Kier alpha value is -0.410. The van der Waals surface area contributed by atoms with Crippen molar-refractivity contribution in [3.63, 3.8) is 0 Å². The summed E-state index contributed by atoms with van der Waals surface area (Å²) in [6, 6.07) is 3.88. The fraction of sp³-hybridized carbons (Fsp3) is 0.444. The molecular weight excluding hydrogens is 218 g/mol. The molecule has 3 heteroatoms. The predicted octanol–water partition coefficient (Wildman–Crippen LogP) is 1.90. The molecule has 0 amide bonds. The number of rotatable bonds is 4. The zero-order valence-corrected chi connectivity index (χ0v) is 8.42. The number of aliphatic hydroxyl groups excluding tert-OH is 1.